The fourth-order valence-corrected chi connectivity index (χ4v) is 2.05. The Hall–Kier alpha value is -2.69. The summed E-state index contributed by atoms with van der Waals surface area (Å²) < 4.78 is 18.0. The van der Waals surface area contributed by atoms with Crippen LogP contribution < -0.4 is 10.1 Å². The second-order valence-corrected chi connectivity index (χ2v) is 4.81. The van der Waals surface area contributed by atoms with Crippen LogP contribution in [-0.4, -0.2) is 18.8 Å². The number of ether oxygens (including phenoxy) is 1. The van der Waals surface area contributed by atoms with Gasteiger partial charge >= 0.3 is 0 Å². The predicted molar refractivity (Wildman–Crippen MR) is 81.7 cm³/mol. The number of halogens is 1. The number of amides is 1. The summed E-state index contributed by atoms with van der Waals surface area (Å²) in [5.74, 6) is -0.179. The van der Waals surface area contributed by atoms with Gasteiger partial charge in [0.25, 0.3) is 0 Å². The lowest BCUT2D eigenvalue weighted by Crippen LogP contribution is -2.15. The highest BCUT2D eigenvalue weighted by molar-refractivity contribution is 5.96. The zero-order valence-electron chi connectivity index (χ0n) is 12.4. The van der Waals surface area contributed by atoms with Crippen molar-refractivity contribution >= 4 is 17.4 Å². The van der Waals surface area contributed by atoms with E-state index in [1.807, 2.05) is 0 Å². The molecule has 0 spiro atoms. The first-order valence-electron chi connectivity index (χ1n) is 6.73. The third kappa shape index (κ3) is 3.91. The van der Waals surface area contributed by atoms with E-state index in [1.165, 1.54) is 38.3 Å². The van der Waals surface area contributed by atoms with Crippen molar-refractivity contribution in [2.24, 2.45) is 0 Å². The Kier molecular flexibility index (Phi) is 4.88. The molecule has 0 atom stereocenters. The molecule has 2 aromatic carbocycles. The van der Waals surface area contributed by atoms with Crippen LogP contribution >= 0.6 is 0 Å². The topological polar surface area (TPSA) is 55.4 Å². The molecule has 0 aromatic heterocycles. The molecule has 0 aliphatic heterocycles. The summed E-state index contributed by atoms with van der Waals surface area (Å²) in [7, 11) is 1.50. The van der Waals surface area contributed by atoms with Crippen LogP contribution in [0.5, 0.6) is 5.75 Å². The van der Waals surface area contributed by atoms with Gasteiger partial charge in [0.1, 0.15) is 11.6 Å². The predicted octanol–water partition coefficient (Wildman–Crippen LogP) is 3.22. The molecule has 0 heterocycles. The normalized spacial score (nSPS) is 10.1. The number of ketones is 1. The number of methoxy groups -OCH3 is 1. The molecule has 22 heavy (non-hydrogen) atoms. The van der Waals surface area contributed by atoms with Crippen LogP contribution in [0.3, 0.4) is 0 Å². The highest BCUT2D eigenvalue weighted by atomic mass is 19.1. The molecule has 0 radical (unpaired) electrons. The SMILES string of the molecule is COc1ccc(C(C)=O)cc1CC(=O)Nc1ccc(F)cc1. The smallest absolute Gasteiger partial charge is 0.228 e. The first kappa shape index (κ1) is 15.7. The van der Waals surface area contributed by atoms with Gasteiger partial charge in [-0.25, -0.2) is 4.39 Å². The second kappa shape index (κ2) is 6.85. The molecule has 114 valence electrons. The summed E-state index contributed by atoms with van der Waals surface area (Å²) >= 11 is 0. The molecule has 0 fully saturated rings. The van der Waals surface area contributed by atoms with Crippen molar-refractivity contribution in [1.82, 2.24) is 0 Å². The molecule has 4 nitrogen and oxygen atoms in total. The molecule has 0 saturated heterocycles. The van der Waals surface area contributed by atoms with Gasteiger partial charge in [0.2, 0.25) is 5.91 Å². The van der Waals surface area contributed by atoms with E-state index in [0.29, 0.717) is 22.6 Å². The molecule has 1 amide bonds. The highest BCUT2D eigenvalue weighted by Crippen LogP contribution is 2.21. The first-order chi connectivity index (χ1) is 10.5. The van der Waals surface area contributed by atoms with Crippen molar-refractivity contribution in [3.05, 3.63) is 59.4 Å². The van der Waals surface area contributed by atoms with Crippen LogP contribution in [0, 0.1) is 5.82 Å². The quantitative estimate of drug-likeness (QED) is 0.863. The number of carbonyl (C=O) groups is 2. The Labute approximate surface area is 127 Å². The van der Waals surface area contributed by atoms with Gasteiger partial charge in [-0.15, -0.1) is 0 Å². The molecule has 0 aliphatic rings. The summed E-state index contributed by atoms with van der Waals surface area (Å²) in [4.78, 5) is 23.5. The molecule has 2 aromatic rings. The van der Waals surface area contributed by atoms with Crippen molar-refractivity contribution in [3.63, 3.8) is 0 Å². The summed E-state index contributed by atoms with van der Waals surface area (Å²) in [6.45, 7) is 1.46. The first-order valence-corrected chi connectivity index (χ1v) is 6.73. The van der Waals surface area contributed by atoms with Crippen molar-refractivity contribution in [3.8, 4) is 5.75 Å². The molecule has 0 saturated carbocycles. The number of Topliss-reactive ketones (excluding diaryl/α,β-unsaturated/α-hetero) is 1. The van der Waals surface area contributed by atoms with Gasteiger partial charge in [-0.1, -0.05) is 0 Å². The summed E-state index contributed by atoms with van der Waals surface area (Å²) in [6.07, 6.45) is 0.0572. The summed E-state index contributed by atoms with van der Waals surface area (Å²) in [6, 6.07) is 10.5. The lowest BCUT2D eigenvalue weighted by Gasteiger charge is -2.10. The lowest BCUT2D eigenvalue weighted by molar-refractivity contribution is -0.115. The number of hydrogen-bond acceptors (Lipinski definition) is 3. The Morgan fingerprint density at radius 2 is 1.82 bits per heavy atom. The molecule has 1 N–H and O–H groups in total. The van der Waals surface area contributed by atoms with Gasteiger partial charge in [-0.05, 0) is 49.4 Å². The van der Waals surface area contributed by atoms with Crippen LogP contribution in [0.1, 0.15) is 22.8 Å². The molecule has 0 bridgehead atoms. The maximum absolute atomic E-state index is 12.8. The average molecular weight is 301 g/mol. The summed E-state index contributed by atoms with van der Waals surface area (Å²) in [5.41, 5.74) is 1.65. The number of benzene rings is 2. The van der Waals surface area contributed by atoms with E-state index in [0.717, 1.165) is 0 Å². The van der Waals surface area contributed by atoms with E-state index >= 15 is 0 Å². The van der Waals surface area contributed by atoms with Crippen LogP contribution in [0.15, 0.2) is 42.5 Å². The largest absolute Gasteiger partial charge is 0.496 e. The van der Waals surface area contributed by atoms with E-state index in [2.05, 4.69) is 5.32 Å². The Bertz CT molecular complexity index is 696. The second-order valence-electron chi connectivity index (χ2n) is 4.81. The Morgan fingerprint density at radius 3 is 2.41 bits per heavy atom. The average Bonchev–Trinajstić information content (AvgIpc) is 2.49. The van der Waals surface area contributed by atoms with Crippen LogP contribution in [0.2, 0.25) is 0 Å². The van der Waals surface area contributed by atoms with Crippen LogP contribution in [0.4, 0.5) is 10.1 Å². The van der Waals surface area contributed by atoms with Crippen LogP contribution in [-0.2, 0) is 11.2 Å². The standard InChI is InChI=1S/C17H16FNO3/c1-11(20)12-3-8-16(22-2)13(9-12)10-17(21)19-15-6-4-14(18)5-7-15/h3-9H,10H2,1-2H3,(H,19,21). The van der Waals surface area contributed by atoms with Crippen molar-refractivity contribution in [2.75, 3.05) is 12.4 Å². The number of hydrogen-bond donors (Lipinski definition) is 1. The zero-order valence-corrected chi connectivity index (χ0v) is 12.4. The number of nitrogens with one attached hydrogen (secondary N) is 1. The van der Waals surface area contributed by atoms with E-state index in [1.54, 1.807) is 18.2 Å². The Balaban J connectivity index is 2.14. The molecular formula is C17H16FNO3. The minimum atomic E-state index is -0.367. The fraction of sp³-hybridized carbons (Fsp3) is 0.176. The van der Waals surface area contributed by atoms with E-state index < -0.39 is 0 Å². The van der Waals surface area contributed by atoms with Gasteiger partial charge in [-0.3, -0.25) is 9.59 Å². The lowest BCUT2D eigenvalue weighted by atomic mass is 10.0. The third-order valence-corrected chi connectivity index (χ3v) is 3.17. The molecule has 0 aliphatic carbocycles. The molecule has 0 unspecified atom stereocenters. The monoisotopic (exact) mass is 301 g/mol. The molecular weight excluding hydrogens is 285 g/mol. The van der Waals surface area contributed by atoms with Gasteiger partial charge in [0.15, 0.2) is 5.78 Å². The highest BCUT2D eigenvalue weighted by Gasteiger charge is 2.11. The number of anilines is 1. The summed E-state index contributed by atoms with van der Waals surface area (Å²) in [5, 5.41) is 2.67. The van der Waals surface area contributed by atoms with Crippen LogP contribution in [0.25, 0.3) is 0 Å². The van der Waals surface area contributed by atoms with E-state index in [-0.39, 0.29) is 23.9 Å². The maximum Gasteiger partial charge on any atom is 0.228 e. The molecule has 2 rings (SSSR count). The maximum atomic E-state index is 12.8. The zero-order chi connectivity index (χ0) is 16.1. The van der Waals surface area contributed by atoms with E-state index in [9.17, 15) is 14.0 Å². The minimum Gasteiger partial charge on any atom is -0.496 e. The van der Waals surface area contributed by atoms with Gasteiger partial charge in [0.05, 0.1) is 13.5 Å². The third-order valence-electron chi connectivity index (χ3n) is 3.17. The van der Waals surface area contributed by atoms with Gasteiger partial charge in [0, 0.05) is 16.8 Å². The van der Waals surface area contributed by atoms with Crippen molar-refractivity contribution in [1.29, 1.82) is 0 Å². The van der Waals surface area contributed by atoms with Gasteiger partial charge < -0.3 is 10.1 Å². The fourth-order valence-electron chi connectivity index (χ4n) is 2.05. The minimum absolute atomic E-state index is 0.0572. The number of carbonyl (C=O) groups excluding carboxylic acids is 2. The van der Waals surface area contributed by atoms with Crippen molar-refractivity contribution in [2.45, 2.75) is 13.3 Å². The van der Waals surface area contributed by atoms with Crippen molar-refractivity contribution < 1.29 is 18.7 Å². The van der Waals surface area contributed by atoms with E-state index in [4.69, 9.17) is 4.74 Å². The number of rotatable bonds is 5. The Morgan fingerprint density at radius 1 is 1.14 bits per heavy atom. The van der Waals surface area contributed by atoms with Gasteiger partial charge in [-0.2, -0.15) is 0 Å². The molecule has 5 heteroatoms.